The van der Waals surface area contributed by atoms with Gasteiger partial charge in [0.15, 0.2) is 0 Å². The number of aliphatic hydroxyl groups excluding tert-OH is 1. The van der Waals surface area contributed by atoms with E-state index in [2.05, 4.69) is 12.1 Å². The third-order valence-corrected chi connectivity index (χ3v) is 10.6. The number of aryl methyl sites for hydroxylation is 3. The van der Waals surface area contributed by atoms with E-state index in [-0.39, 0.29) is 12.4 Å². The number of benzene rings is 3. The zero-order chi connectivity index (χ0) is 33.2. The van der Waals surface area contributed by atoms with Crippen LogP contribution in [0.15, 0.2) is 65.6 Å². The lowest BCUT2D eigenvalue weighted by molar-refractivity contribution is 0.0588. The number of thioether (sulfide) groups is 2. The third kappa shape index (κ3) is 6.62. The first-order valence-corrected chi connectivity index (χ1v) is 17.7. The zero-order valence-electron chi connectivity index (χ0n) is 26.7. The van der Waals surface area contributed by atoms with Crippen LogP contribution in [0.4, 0.5) is 0 Å². The number of carbonyl (C=O) groups excluding carboxylic acids is 1. The minimum absolute atomic E-state index is 0.00935. The summed E-state index contributed by atoms with van der Waals surface area (Å²) in [5.41, 5.74) is 6.98. The Labute approximate surface area is 286 Å². The van der Waals surface area contributed by atoms with Gasteiger partial charge >= 0.3 is 5.97 Å². The third-order valence-electron chi connectivity index (χ3n) is 8.34. The summed E-state index contributed by atoms with van der Waals surface area (Å²) in [6.45, 7) is 2.50. The molecule has 0 aliphatic carbocycles. The van der Waals surface area contributed by atoms with Gasteiger partial charge in [0.2, 0.25) is 0 Å². The van der Waals surface area contributed by atoms with Crippen LogP contribution >= 0.6 is 35.1 Å². The average molecular weight is 690 g/mol. The van der Waals surface area contributed by atoms with Crippen LogP contribution in [0, 0.1) is 6.92 Å². The quantitative estimate of drug-likeness (QED) is 0.101. The standard InChI is InChI=1S/C35H36ClN5O4S2/c1-21-33(34-27-17-31(35(44)45-4)41(12-7-13-42)30(27)11-10-28(34)36)29(38-39(21)2)20-46-18-23-15-24(40(3)37-23)19-47-25-14-22-8-5-6-9-26(22)32(43)16-25/h5-6,8-11,14-17,42-43H,7,12-13,18-20H2,1-4H3. The topological polar surface area (TPSA) is 107 Å². The molecule has 47 heavy (non-hydrogen) atoms. The maximum absolute atomic E-state index is 12.7. The number of esters is 1. The van der Waals surface area contributed by atoms with E-state index in [0.29, 0.717) is 35.2 Å². The number of methoxy groups -OCH3 is 1. The molecule has 0 fully saturated rings. The fourth-order valence-corrected chi connectivity index (χ4v) is 8.04. The lowest BCUT2D eigenvalue weighted by Gasteiger charge is -2.11. The molecule has 0 aliphatic rings. The Kier molecular flexibility index (Phi) is 9.88. The monoisotopic (exact) mass is 689 g/mol. The predicted molar refractivity (Wildman–Crippen MR) is 190 cm³/mol. The minimum atomic E-state index is -0.441. The molecule has 0 saturated heterocycles. The minimum Gasteiger partial charge on any atom is -0.507 e. The highest BCUT2D eigenvalue weighted by atomic mass is 35.5. The molecule has 0 unspecified atom stereocenters. The number of hydrogen-bond acceptors (Lipinski definition) is 8. The normalized spacial score (nSPS) is 11.6. The Morgan fingerprint density at radius 1 is 0.957 bits per heavy atom. The zero-order valence-corrected chi connectivity index (χ0v) is 29.0. The molecule has 3 aromatic heterocycles. The van der Waals surface area contributed by atoms with Crippen LogP contribution in [0.25, 0.3) is 32.8 Å². The second kappa shape index (κ2) is 14.1. The van der Waals surface area contributed by atoms with Gasteiger partial charge in [-0.2, -0.15) is 10.2 Å². The lowest BCUT2D eigenvalue weighted by atomic mass is 9.99. The summed E-state index contributed by atoms with van der Waals surface area (Å²) >= 11 is 10.3. The molecule has 6 aromatic rings. The number of fused-ring (bicyclic) bond motifs is 2. The smallest absolute Gasteiger partial charge is 0.354 e. The van der Waals surface area contributed by atoms with Crippen LogP contribution < -0.4 is 0 Å². The van der Waals surface area contributed by atoms with Gasteiger partial charge in [0, 0.05) is 93.2 Å². The van der Waals surface area contributed by atoms with Crippen molar-refractivity contribution in [2.24, 2.45) is 14.1 Å². The molecule has 0 aliphatic heterocycles. The summed E-state index contributed by atoms with van der Waals surface area (Å²) in [4.78, 5) is 13.7. The first-order chi connectivity index (χ1) is 22.7. The number of ether oxygens (including phenoxy) is 1. The van der Waals surface area contributed by atoms with Gasteiger partial charge in [0.05, 0.1) is 18.5 Å². The van der Waals surface area contributed by atoms with Gasteiger partial charge in [-0.05, 0) is 55.1 Å². The summed E-state index contributed by atoms with van der Waals surface area (Å²) in [6.07, 6.45) is 0.500. The molecule has 3 heterocycles. The summed E-state index contributed by atoms with van der Waals surface area (Å²) < 4.78 is 10.8. The van der Waals surface area contributed by atoms with Crippen molar-refractivity contribution < 1.29 is 19.7 Å². The van der Waals surface area contributed by atoms with Crippen molar-refractivity contribution in [1.82, 2.24) is 24.1 Å². The van der Waals surface area contributed by atoms with Gasteiger partial charge in [-0.25, -0.2) is 4.79 Å². The van der Waals surface area contributed by atoms with Crippen LogP contribution in [0.3, 0.4) is 0 Å². The number of aromatic nitrogens is 5. The van der Waals surface area contributed by atoms with E-state index in [1.54, 1.807) is 23.5 Å². The summed E-state index contributed by atoms with van der Waals surface area (Å²) in [5, 5.41) is 32.9. The number of rotatable bonds is 12. The molecule has 6 rings (SSSR count). The van der Waals surface area contributed by atoms with Crippen molar-refractivity contribution in [3.63, 3.8) is 0 Å². The van der Waals surface area contributed by atoms with Crippen LogP contribution in [0.5, 0.6) is 5.75 Å². The maximum Gasteiger partial charge on any atom is 0.354 e. The largest absolute Gasteiger partial charge is 0.507 e. The Balaban J connectivity index is 1.21. The molecule has 2 N–H and O–H groups in total. The average Bonchev–Trinajstić information content (AvgIpc) is 3.70. The summed E-state index contributed by atoms with van der Waals surface area (Å²) in [5.74, 6) is 1.91. The fourth-order valence-electron chi connectivity index (χ4n) is 5.94. The van der Waals surface area contributed by atoms with E-state index >= 15 is 0 Å². The number of nitrogens with zero attached hydrogens (tertiary/aromatic N) is 5. The van der Waals surface area contributed by atoms with Crippen molar-refractivity contribution in [3.8, 4) is 16.9 Å². The second-order valence-corrected chi connectivity index (χ2v) is 13.8. The van der Waals surface area contributed by atoms with Crippen LogP contribution in [-0.2, 0) is 42.6 Å². The molecule has 0 atom stereocenters. The number of hydrogen-bond donors (Lipinski definition) is 2. The van der Waals surface area contributed by atoms with E-state index in [0.717, 1.165) is 66.2 Å². The highest BCUT2D eigenvalue weighted by molar-refractivity contribution is 7.98. The van der Waals surface area contributed by atoms with Crippen molar-refractivity contribution in [1.29, 1.82) is 0 Å². The molecular formula is C35H36ClN5O4S2. The van der Waals surface area contributed by atoms with Gasteiger partial charge in [-0.3, -0.25) is 9.36 Å². The molecule has 0 saturated carbocycles. The van der Waals surface area contributed by atoms with Crippen LogP contribution in [-0.4, -0.2) is 54.0 Å². The maximum atomic E-state index is 12.7. The first-order valence-electron chi connectivity index (χ1n) is 15.2. The van der Waals surface area contributed by atoms with Gasteiger partial charge in [-0.1, -0.05) is 35.9 Å². The number of halogens is 1. The Hall–Kier alpha value is -3.90. The lowest BCUT2D eigenvalue weighted by Crippen LogP contribution is -2.11. The summed E-state index contributed by atoms with van der Waals surface area (Å²) in [6, 6.07) is 19.5. The van der Waals surface area contributed by atoms with Crippen molar-refractivity contribution in [3.05, 3.63) is 94.2 Å². The van der Waals surface area contributed by atoms with Crippen molar-refractivity contribution in [2.45, 2.75) is 42.0 Å². The van der Waals surface area contributed by atoms with Crippen LogP contribution in [0.1, 0.15) is 39.7 Å². The predicted octanol–water partition coefficient (Wildman–Crippen LogP) is 7.49. The second-order valence-electron chi connectivity index (χ2n) is 11.3. The van der Waals surface area contributed by atoms with Gasteiger partial charge in [-0.15, -0.1) is 23.5 Å². The number of carbonyl (C=O) groups is 1. The fraction of sp³-hybridized carbons (Fsp3) is 0.286. The van der Waals surface area contributed by atoms with Crippen LogP contribution in [0.2, 0.25) is 5.02 Å². The van der Waals surface area contributed by atoms with E-state index in [1.807, 2.05) is 83.5 Å². The number of aromatic hydroxyl groups is 1. The first kappa shape index (κ1) is 33.0. The molecule has 3 aromatic carbocycles. The van der Waals surface area contributed by atoms with Gasteiger partial charge in [0.25, 0.3) is 0 Å². The van der Waals surface area contributed by atoms with Gasteiger partial charge < -0.3 is 19.5 Å². The number of aliphatic hydroxyl groups is 1. The van der Waals surface area contributed by atoms with E-state index < -0.39 is 5.97 Å². The molecule has 9 nitrogen and oxygen atoms in total. The molecule has 12 heteroatoms. The van der Waals surface area contributed by atoms with E-state index in [4.69, 9.17) is 26.5 Å². The van der Waals surface area contributed by atoms with E-state index in [1.165, 1.54) is 7.11 Å². The molecule has 0 spiro atoms. The Bertz CT molecular complexity index is 2100. The summed E-state index contributed by atoms with van der Waals surface area (Å²) in [7, 11) is 5.25. The number of phenols is 1. The molecule has 0 radical (unpaired) electrons. The molecule has 0 bridgehead atoms. The Morgan fingerprint density at radius 3 is 2.55 bits per heavy atom. The van der Waals surface area contributed by atoms with Crippen molar-refractivity contribution >= 4 is 62.8 Å². The van der Waals surface area contributed by atoms with Gasteiger partial charge in [0.1, 0.15) is 11.4 Å². The molecular weight excluding hydrogens is 654 g/mol. The highest BCUT2D eigenvalue weighted by Gasteiger charge is 2.24. The molecule has 0 amide bonds. The SMILES string of the molecule is COC(=O)c1cc2c(-c3c(CSCc4cc(CSc5cc(O)c6ccccc6c5)n(C)n4)nn(C)c3C)c(Cl)ccc2n1CCCO. The number of phenolic OH excluding ortho intramolecular Hbond substituents is 1. The Morgan fingerprint density at radius 2 is 1.77 bits per heavy atom. The van der Waals surface area contributed by atoms with Crippen molar-refractivity contribution in [2.75, 3.05) is 13.7 Å². The molecule has 244 valence electrons. The van der Waals surface area contributed by atoms with E-state index in [9.17, 15) is 15.0 Å². The highest BCUT2D eigenvalue weighted by Crippen LogP contribution is 2.41.